The number of aryl methyl sites for hydroxylation is 1. The molecule has 1 aromatic carbocycles. The molecule has 1 saturated carbocycles. The highest BCUT2D eigenvalue weighted by atomic mass is 15.1. The second kappa shape index (κ2) is 6.28. The van der Waals surface area contributed by atoms with Gasteiger partial charge in [-0.2, -0.15) is 0 Å². The summed E-state index contributed by atoms with van der Waals surface area (Å²) < 4.78 is 0. The molecule has 0 spiro atoms. The van der Waals surface area contributed by atoms with E-state index < -0.39 is 0 Å². The minimum Gasteiger partial charge on any atom is -0.326 e. The van der Waals surface area contributed by atoms with Crippen molar-refractivity contribution in [2.45, 2.75) is 62.9 Å². The molecule has 2 aliphatic rings. The van der Waals surface area contributed by atoms with Gasteiger partial charge in [0.25, 0.3) is 0 Å². The van der Waals surface area contributed by atoms with E-state index in [0.717, 1.165) is 0 Å². The zero-order valence-electron chi connectivity index (χ0n) is 12.7. The molecule has 0 amide bonds. The SMILES string of the molecule is CN(CC1CCCc2ccccc21)C1CCCCC1N. The predicted molar refractivity (Wildman–Crippen MR) is 85.0 cm³/mol. The second-order valence-electron chi connectivity index (χ2n) is 6.74. The molecule has 2 nitrogen and oxygen atoms in total. The van der Waals surface area contributed by atoms with E-state index in [2.05, 4.69) is 36.2 Å². The third kappa shape index (κ3) is 2.91. The molecule has 0 bridgehead atoms. The highest BCUT2D eigenvalue weighted by Gasteiger charge is 2.28. The predicted octanol–water partition coefficient (Wildman–Crippen LogP) is 3.31. The molecule has 0 aliphatic heterocycles. The van der Waals surface area contributed by atoms with E-state index in [1.165, 1.54) is 51.5 Å². The van der Waals surface area contributed by atoms with Crippen LogP contribution in [0.1, 0.15) is 55.6 Å². The average Bonchev–Trinajstić information content (AvgIpc) is 2.48. The van der Waals surface area contributed by atoms with Gasteiger partial charge >= 0.3 is 0 Å². The van der Waals surface area contributed by atoms with Crippen LogP contribution >= 0.6 is 0 Å². The molecule has 1 aromatic rings. The summed E-state index contributed by atoms with van der Waals surface area (Å²) in [6.45, 7) is 1.18. The zero-order chi connectivity index (χ0) is 13.9. The lowest BCUT2D eigenvalue weighted by molar-refractivity contribution is 0.157. The summed E-state index contributed by atoms with van der Waals surface area (Å²) in [4.78, 5) is 2.55. The molecule has 0 radical (unpaired) electrons. The van der Waals surface area contributed by atoms with Gasteiger partial charge in [0.2, 0.25) is 0 Å². The first kappa shape index (κ1) is 14.1. The van der Waals surface area contributed by atoms with Gasteiger partial charge in [-0.15, -0.1) is 0 Å². The molecule has 3 atom stereocenters. The number of benzene rings is 1. The molecule has 2 N–H and O–H groups in total. The van der Waals surface area contributed by atoms with E-state index in [-0.39, 0.29) is 0 Å². The first-order valence-corrected chi connectivity index (χ1v) is 8.29. The molecular weight excluding hydrogens is 244 g/mol. The molecule has 2 heteroatoms. The molecule has 110 valence electrons. The molecule has 3 rings (SSSR count). The van der Waals surface area contributed by atoms with Gasteiger partial charge in [0.05, 0.1) is 0 Å². The Hall–Kier alpha value is -0.860. The smallest absolute Gasteiger partial charge is 0.0244 e. The molecule has 20 heavy (non-hydrogen) atoms. The summed E-state index contributed by atoms with van der Waals surface area (Å²) >= 11 is 0. The minimum atomic E-state index is 0.382. The fourth-order valence-corrected chi connectivity index (χ4v) is 4.21. The minimum absolute atomic E-state index is 0.382. The van der Waals surface area contributed by atoms with Gasteiger partial charge in [0.1, 0.15) is 0 Å². The van der Waals surface area contributed by atoms with Crippen LogP contribution in [0.15, 0.2) is 24.3 Å². The van der Waals surface area contributed by atoms with Crippen LogP contribution in [0.5, 0.6) is 0 Å². The van der Waals surface area contributed by atoms with E-state index in [4.69, 9.17) is 5.73 Å². The fraction of sp³-hybridized carbons (Fsp3) is 0.667. The quantitative estimate of drug-likeness (QED) is 0.914. The lowest BCUT2D eigenvalue weighted by Crippen LogP contribution is -2.49. The van der Waals surface area contributed by atoms with Gasteiger partial charge in [-0.1, -0.05) is 37.1 Å². The lowest BCUT2D eigenvalue weighted by atomic mass is 9.82. The Bertz CT molecular complexity index is 443. The van der Waals surface area contributed by atoms with E-state index in [9.17, 15) is 0 Å². The van der Waals surface area contributed by atoms with Crippen LogP contribution in [0, 0.1) is 0 Å². The third-order valence-electron chi connectivity index (χ3n) is 5.35. The van der Waals surface area contributed by atoms with Crippen molar-refractivity contribution in [2.75, 3.05) is 13.6 Å². The Morgan fingerprint density at radius 1 is 1.10 bits per heavy atom. The zero-order valence-corrected chi connectivity index (χ0v) is 12.7. The topological polar surface area (TPSA) is 29.3 Å². The fourth-order valence-electron chi connectivity index (χ4n) is 4.21. The first-order chi connectivity index (χ1) is 9.75. The standard InChI is InChI=1S/C18H28N2/c1-20(18-12-5-4-11-17(18)19)13-15-9-6-8-14-7-2-3-10-16(14)15/h2-3,7,10,15,17-18H,4-6,8-9,11-13,19H2,1H3. The van der Waals surface area contributed by atoms with E-state index in [1.54, 1.807) is 11.1 Å². The van der Waals surface area contributed by atoms with Gasteiger partial charge in [-0.25, -0.2) is 0 Å². The van der Waals surface area contributed by atoms with Crippen LogP contribution in [0.4, 0.5) is 0 Å². The molecular formula is C18H28N2. The Kier molecular flexibility index (Phi) is 4.42. The molecule has 1 fully saturated rings. The number of likely N-dealkylation sites (N-methyl/N-ethyl adjacent to an activating group) is 1. The van der Waals surface area contributed by atoms with Crippen LogP contribution in [-0.2, 0) is 6.42 Å². The van der Waals surface area contributed by atoms with Crippen LogP contribution in [0.2, 0.25) is 0 Å². The van der Waals surface area contributed by atoms with Gasteiger partial charge in [-0.3, -0.25) is 0 Å². The van der Waals surface area contributed by atoms with E-state index in [1.807, 2.05) is 0 Å². The summed E-state index contributed by atoms with van der Waals surface area (Å²) in [7, 11) is 2.28. The summed E-state index contributed by atoms with van der Waals surface area (Å²) in [5.41, 5.74) is 9.50. The van der Waals surface area contributed by atoms with Crippen molar-refractivity contribution in [1.82, 2.24) is 4.90 Å². The molecule has 0 saturated heterocycles. The largest absolute Gasteiger partial charge is 0.326 e. The number of fused-ring (bicyclic) bond motifs is 1. The Labute approximate surface area is 123 Å². The molecule has 2 aliphatic carbocycles. The highest BCUT2D eigenvalue weighted by Crippen LogP contribution is 2.33. The van der Waals surface area contributed by atoms with Crippen molar-refractivity contribution in [3.63, 3.8) is 0 Å². The van der Waals surface area contributed by atoms with Crippen molar-refractivity contribution in [3.05, 3.63) is 35.4 Å². The van der Waals surface area contributed by atoms with E-state index in [0.29, 0.717) is 18.0 Å². The third-order valence-corrected chi connectivity index (χ3v) is 5.35. The number of hydrogen-bond acceptors (Lipinski definition) is 2. The van der Waals surface area contributed by atoms with Crippen LogP contribution in [0.3, 0.4) is 0 Å². The number of rotatable bonds is 3. The monoisotopic (exact) mass is 272 g/mol. The highest BCUT2D eigenvalue weighted by molar-refractivity contribution is 5.32. The molecule has 3 unspecified atom stereocenters. The van der Waals surface area contributed by atoms with Gasteiger partial charge in [0.15, 0.2) is 0 Å². The number of hydrogen-bond donors (Lipinski definition) is 1. The maximum Gasteiger partial charge on any atom is 0.0244 e. The van der Waals surface area contributed by atoms with Gasteiger partial charge in [0, 0.05) is 18.6 Å². The van der Waals surface area contributed by atoms with Crippen molar-refractivity contribution in [1.29, 1.82) is 0 Å². The summed E-state index contributed by atoms with van der Waals surface area (Å²) in [5.74, 6) is 0.707. The van der Waals surface area contributed by atoms with Crippen LogP contribution < -0.4 is 5.73 Å². The average molecular weight is 272 g/mol. The van der Waals surface area contributed by atoms with Crippen LogP contribution in [0.25, 0.3) is 0 Å². The van der Waals surface area contributed by atoms with Crippen molar-refractivity contribution < 1.29 is 0 Å². The Morgan fingerprint density at radius 2 is 1.90 bits per heavy atom. The molecule has 0 aromatic heterocycles. The number of nitrogens with two attached hydrogens (primary N) is 1. The maximum absolute atomic E-state index is 6.34. The van der Waals surface area contributed by atoms with Crippen LogP contribution in [-0.4, -0.2) is 30.6 Å². The first-order valence-electron chi connectivity index (χ1n) is 8.29. The van der Waals surface area contributed by atoms with Crippen molar-refractivity contribution in [3.8, 4) is 0 Å². The summed E-state index contributed by atoms with van der Waals surface area (Å²) in [5, 5.41) is 0. The lowest BCUT2D eigenvalue weighted by Gasteiger charge is -2.39. The summed E-state index contributed by atoms with van der Waals surface area (Å²) in [6.07, 6.45) is 9.10. The van der Waals surface area contributed by atoms with Gasteiger partial charge in [-0.05, 0) is 56.2 Å². The normalized spacial score (nSPS) is 30.2. The second-order valence-corrected chi connectivity index (χ2v) is 6.74. The maximum atomic E-state index is 6.34. The van der Waals surface area contributed by atoms with Crippen molar-refractivity contribution in [2.24, 2.45) is 5.73 Å². The number of nitrogens with zero attached hydrogens (tertiary/aromatic N) is 1. The van der Waals surface area contributed by atoms with E-state index >= 15 is 0 Å². The Balaban J connectivity index is 1.69. The molecule has 0 heterocycles. The Morgan fingerprint density at radius 3 is 2.75 bits per heavy atom. The van der Waals surface area contributed by atoms with Crippen molar-refractivity contribution >= 4 is 0 Å². The van der Waals surface area contributed by atoms with Gasteiger partial charge < -0.3 is 10.6 Å². The summed E-state index contributed by atoms with van der Waals surface area (Å²) in [6, 6.07) is 10.0.